The second-order valence-corrected chi connectivity index (χ2v) is 8.25. The summed E-state index contributed by atoms with van der Waals surface area (Å²) >= 11 is 1.64. The number of hydrogen-bond acceptors (Lipinski definition) is 9. The normalized spacial score (nSPS) is 16.1. The summed E-state index contributed by atoms with van der Waals surface area (Å²) < 4.78 is 6.73. The van der Waals surface area contributed by atoms with E-state index >= 15 is 0 Å². The van der Waals surface area contributed by atoms with Crippen molar-refractivity contribution < 1.29 is 9.53 Å². The largest absolute Gasteiger partial charge is 0.457 e. The zero-order chi connectivity index (χ0) is 19.6. The van der Waals surface area contributed by atoms with E-state index in [1.54, 1.807) is 11.3 Å². The van der Waals surface area contributed by atoms with Gasteiger partial charge in [0.1, 0.15) is 0 Å². The number of carbonyl (C=O) groups is 1. The Morgan fingerprint density at radius 1 is 1.04 bits per heavy atom. The number of rotatable bonds is 5. The summed E-state index contributed by atoms with van der Waals surface area (Å²) in [4.78, 5) is 29.5. The number of nitrogens with zero attached hydrogens (tertiary/aromatic N) is 4. The van der Waals surface area contributed by atoms with Crippen molar-refractivity contribution in [1.29, 1.82) is 0 Å². The molecule has 2 aromatic heterocycles. The number of carbonyl (C=O) groups excluding carboxylic acids is 1. The molecule has 4 N–H and O–H groups in total. The molecule has 0 saturated heterocycles. The van der Waals surface area contributed by atoms with Crippen molar-refractivity contribution in [3.63, 3.8) is 0 Å². The standard InChI is InChI=1S/C19H22N6O2S/c20-17-23-14(24-18(21)25-17)11-27-16(26)19(8-4-1-5-9-19)10-15-22-12-6-2-3-7-13(12)28-15/h2-3,6-7H,1,4-5,8-11H2,(H4,20,21,23,24,25). The minimum Gasteiger partial charge on any atom is -0.457 e. The number of para-hydroxylation sites is 1. The predicted molar refractivity (Wildman–Crippen MR) is 107 cm³/mol. The van der Waals surface area contributed by atoms with Gasteiger partial charge in [0.15, 0.2) is 12.4 Å². The van der Waals surface area contributed by atoms with Crippen LogP contribution in [0.2, 0.25) is 0 Å². The lowest BCUT2D eigenvalue weighted by atomic mass is 9.72. The lowest BCUT2D eigenvalue weighted by Crippen LogP contribution is -2.37. The van der Waals surface area contributed by atoms with Gasteiger partial charge in [-0.05, 0) is 25.0 Å². The van der Waals surface area contributed by atoms with Gasteiger partial charge in [-0.15, -0.1) is 11.3 Å². The fraction of sp³-hybridized carbons (Fsp3) is 0.421. The Labute approximate surface area is 166 Å². The van der Waals surface area contributed by atoms with Gasteiger partial charge >= 0.3 is 5.97 Å². The van der Waals surface area contributed by atoms with Gasteiger partial charge in [-0.2, -0.15) is 15.0 Å². The predicted octanol–water partition coefficient (Wildman–Crippen LogP) is 2.88. The van der Waals surface area contributed by atoms with E-state index in [2.05, 4.69) is 21.0 Å². The summed E-state index contributed by atoms with van der Waals surface area (Å²) in [5.41, 5.74) is 11.6. The van der Waals surface area contributed by atoms with Gasteiger partial charge in [0.2, 0.25) is 11.9 Å². The molecule has 4 rings (SSSR count). The molecule has 0 spiro atoms. The van der Waals surface area contributed by atoms with Crippen LogP contribution in [-0.4, -0.2) is 25.9 Å². The number of fused-ring (bicyclic) bond motifs is 1. The quantitative estimate of drug-likeness (QED) is 0.627. The molecule has 28 heavy (non-hydrogen) atoms. The molecular formula is C19H22N6O2S. The molecule has 0 unspecified atom stereocenters. The molecule has 9 heteroatoms. The third-order valence-electron chi connectivity index (χ3n) is 5.12. The van der Waals surface area contributed by atoms with Gasteiger partial charge in [-0.25, -0.2) is 4.98 Å². The highest BCUT2D eigenvalue weighted by Gasteiger charge is 2.42. The first-order chi connectivity index (χ1) is 13.5. The molecule has 8 nitrogen and oxygen atoms in total. The number of hydrogen-bond donors (Lipinski definition) is 2. The number of esters is 1. The van der Waals surface area contributed by atoms with Crippen LogP contribution in [0.25, 0.3) is 10.2 Å². The first-order valence-corrected chi connectivity index (χ1v) is 10.1. The van der Waals surface area contributed by atoms with Crippen molar-refractivity contribution in [2.45, 2.75) is 45.1 Å². The van der Waals surface area contributed by atoms with Crippen LogP contribution < -0.4 is 11.5 Å². The Morgan fingerprint density at radius 2 is 1.75 bits per heavy atom. The highest BCUT2D eigenvalue weighted by Crippen LogP contribution is 2.41. The minimum atomic E-state index is -0.559. The average molecular weight is 398 g/mol. The van der Waals surface area contributed by atoms with Crippen LogP contribution in [0.1, 0.15) is 42.9 Å². The molecule has 0 amide bonds. The Morgan fingerprint density at radius 3 is 2.46 bits per heavy atom. The van der Waals surface area contributed by atoms with Crippen LogP contribution in [-0.2, 0) is 22.6 Å². The monoisotopic (exact) mass is 398 g/mol. The maximum Gasteiger partial charge on any atom is 0.312 e. The molecule has 1 aliphatic carbocycles. The highest BCUT2D eigenvalue weighted by molar-refractivity contribution is 7.18. The van der Waals surface area contributed by atoms with E-state index in [-0.39, 0.29) is 30.3 Å². The number of benzene rings is 1. The lowest BCUT2D eigenvalue weighted by molar-refractivity contribution is -0.159. The number of ether oxygens (including phenoxy) is 1. The molecule has 1 aromatic carbocycles. The third-order valence-corrected chi connectivity index (χ3v) is 6.16. The number of thiazole rings is 1. The Hall–Kier alpha value is -2.81. The summed E-state index contributed by atoms with van der Waals surface area (Å²) in [6.07, 6.45) is 5.33. The number of nitrogen functional groups attached to an aromatic ring is 2. The molecule has 0 bridgehead atoms. The first-order valence-electron chi connectivity index (χ1n) is 9.32. The van der Waals surface area contributed by atoms with Crippen molar-refractivity contribution in [3.05, 3.63) is 35.1 Å². The number of nitrogens with two attached hydrogens (primary N) is 2. The van der Waals surface area contributed by atoms with Gasteiger partial charge in [0.05, 0.1) is 20.6 Å². The molecule has 1 fully saturated rings. The Bertz CT molecular complexity index is 946. The number of aromatic nitrogens is 4. The highest BCUT2D eigenvalue weighted by atomic mass is 32.1. The van der Waals surface area contributed by atoms with Crippen LogP contribution >= 0.6 is 11.3 Å². The van der Waals surface area contributed by atoms with E-state index in [4.69, 9.17) is 21.2 Å². The smallest absolute Gasteiger partial charge is 0.312 e. The van der Waals surface area contributed by atoms with E-state index in [0.717, 1.165) is 47.3 Å². The maximum atomic E-state index is 13.1. The lowest BCUT2D eigenvalue weighted by Gasteiger charge is -2.34. The number of anilines is 2. The van der Waals surface area contributed by atoms with Gasteiger partial charge < -0.3 is 16.2 Å². The van der Waals surface area contributed by atoms with Crippen molar-refractivity contribution in [3.8, 4) is 0 Å². The minimum absolute atomic E-state index is 0.0143. The van der Waals surface area contributed by atoms with Gasteiger partial charge in [-0.3, -0.25) is 4.79 Å². The fourth-order valence-corrected chi connectivity index (χ4v) is 4.88. The second kappa shape index (κ2) is 7.67. The van der Waals surface area contributed by atoms with Gasteiger partial charge in [-0.1, -0.05) is 31.4 Å². The van der Waals surface area contributed by atoms with Crippen molar-refractivity contribution >= 4 is 39.4 Å². The molecule has 1 saturated carbocycles. The third kappa shape index (κ3) is 3.89. The summed E-state index contributed by atoms with van der Waals surface area (Å²) in [5, 5.41) is 0.966. The second-order valence-electron chi connectivity index (χ2n) is 7.14. The maximum absolute atomic E-state index is 13.1. The summed E-state index contributed by atoms with van der Waals surface area (Å²) in [6, 6.07) is 8.03. The van der Waals surface area contributed by atoms with E-state index in [1.165, 1.54) is 0 Å². The van der Waals surface area contributed by atoms with Crippen LogP contribution in [0, 0.1) is 5.41 Å². The summed E-state index contributed by atoms with van der Waals surface area (Å²) in [7, 11) is 0. The van der Waals surface area contributed by atoms with E-state index in [1.807, 2.05) is 18.2 Å². The van der Waals surface area contributed by atoms with E-state index < -0.39 is 5.41 Å². The molecule has 0 aliphatic heterocycles. The van der Waals surface area contributed by atoms with Crippen molar-refractivity contribution in [2.24, 2.45) is 5.41 Å². The Kier molecular flexibility index (Phi) is 5.08. The van der Waals surface area contributed by atoms with Crippen LogP contribution in [0.5, 0.6) is 0 Å². The molecule has 0 radical (unpaired) electrons. The molecule has 0 atom stereocenters. The van der Waals surface area contributed by atoms with Gasteiger partial charge in [0, 0.05) is 6.42 Å². The molecule has 146 valence electrons. The van der Waals surface area contributed by atoms with Crippen LogP contribution in [0.4, 0.5) is 11.9 Å². The molecule has 3 aromatic rings. The average Bonchev–Trinajstić information content (AvgIpc) is 3.08. The summed E-state index contributed by atoms with van der Waals surface area (Å²) in [6.45, 7) is -0.0721. The van der Waals surface area contributed by atoms with E-state index in [0.29, 0.717) is 6.42 Å². The Balaban J connectivity index is 1.53. The topological polar surface area (TPSA) is 130 Å². The van der Waals surface area contributed by atoms with Crippen LogP contribution in [0.3, 0.4) is 0 Å². The zero-order valence-electron chi connectivity index (χ0n) is 15.4. The van der Waals surface area contributed by atoms with Gasteiger partial charge in [0.25, 0.3) is 0 Å². The van der Waals surface area contributed by atoms with E-state index in [9.17, 15) is 4.79 Å². The first kappa shape index (κ1) is 18.5. The zero-order valence-corrected chi connectivity index (χ0v) is 16.2. The summed E-state index contributed by atoms with van der Waals surface area (Å²) in [5.74, 6) is 0.0501. The van der Waals surface area contributed by atoms with Crippen molar-refractivity contribution in [2.75, 3.05) is 11.5 Å². The molecule has 1 aliphatic rings. The van der Waals surface area contributed by atoms with Crippen LogP contribution in [0.15, 0.2) is 24.3 Å². The SMILES string of the molecule is Nc1nc(N)nc(COC(=O)C2(Cc3nc4ccccc4s3)CCCCC2)n1. The van der Waals surface area contributed by atoms with Crippen molar-refractivity contribution in [1.82, 2.24) is 19.9 Å². The molecule has 2 heterocycles. The fourth-order valence-electron chi connectivity index (χ4n) is 3.77. The molecular weight excluding hydrogens is 376 g/mol.